The van der Waals surface area contributed by atoms with Crippen molar-refractivity contribution in [2.75, 3.05) is 0 Å². The molecule has 0 amide bonds. The first kappa shape index (κ1) is 15.4. The summed E-state index contributed by atoms with van der Waals surface area (Å²) < 4.78 is 18.8. The van der Waals surface area contributed by atoms with Gasteiger partial charge in [0.25, 0.3) is 5.69 Å². The maximum absolute atomic E-state index is 13.2. The van der Waals surface area contributed by atoms with Crippen molar-refractivity contribution in [3.8, 4) is 0 Å². The van der Waals surface area contributed by atoms with Crippen LogP contribution in [-0.4, -0.2) is 22.1 Å². The molecule has 0 unspecified atom stereocenters. The maximum atomic E-state index is 13.2. The molecule has 0 radical (unpaired) electrons. The van der Waals surface area contributed by atoms with Gasteiger partial charge in [-0.15, -0.1) is 0 Å². The van der Waals surface area contributed by atoms with E-state index in [1.165, 1.54) is 0 Å². The van der Waals surface area contributed by atoms with Crippen molar-refractivity contribution in [1.29, 1.82) is 0 Å². The lowest BCUT2D eigenvalue weighted by Crippen LogP contribution is -2.26. The highest BCUT2D eigenvalue weighted by Crippen LogP contribution is 2.28. The zero-order chi connectivity index (χ0) is 15.4. The third-order valence-corrected chi connectivity index (χ3v) is 3.74. The van der Waals surface area contributed by atoms with Crippen LogP contribution in [0.1, 0.15) is 31.2 Å². The second-order valence-corrected chi connectivity index (χ2v) is 5.15. The molecule has 21 heavy (non-hydrogen) atoms. The third kappa shape index (κ3) is 3.98. The quantitative estimate of drug-likeness (QED) is 0.666. The van der Waals surface area contributed by atoms with Gasteiger partial charge in [-0.1, -0.05) is 0 Å². The minimum absolute atomic E-state index is 0.0452. The number of nitro benzene ring substituents is 1. The Labute approximate surface area is 120 Å². The molecule has 6 nitrogen and oxygen atoms in total. The van der Waals surface area contributed by atoms with Crippen molar-refractivity contribution in [3.05, 3.63) is 39.7 Å². The van der Waals surface area contributed by atoms with Gasteiger partial charge in [0.15, 0.2) is 0 Å². The largest absolute Gasteiger partial charge is 0.481 e. The van der Waals surface area contributed by atoms with E-state index in [0.29, 0.717) is 25.7 Å². The molecule has 0 saturated heterocycles. The van der Waals surface area contributed by atoms with Crippen LogP contribution in [0, 0.1) is 21.8 Å². The fraction of sp³-hybridized carbons (Fsp3) is 0.500. The second kappa shape index (κ2) is 6.62. The predicted molar refractivity (Wildman–Crippen MR) is 71.2 cm³/mol. The monoisotopic (exact) mass is 297 g/mol. The highest BCUT2D eigenvalue weighted by atomic mass is 19.1. The number of ether oxygens (including phenoxy) is 1. The lowest BCUT2D eigenvalue weighted by molar-refractivity contribution is -0.386. The van der Waals surface area contributed by atoms with E-state index < -0.39 is 16.7 Å². The van der Waals surface area contributed by atoms with Gasteiger partial charge in [-0.2, -0.15) is 0 Å². The van der Waals surface area contributed by atoms with E-state index in [2.05, 4.69) is 0 Å². The van der Waals surface area contributed by atoms with Crippen LogP contribution in [-0.2, 0) is 16.1 Å². The Morgan fingerprint density at radius 2 is 2.05 bits per heavy atom. The van der Waals surface area contributed by atoms with Gasteiger partial charge in [0.2, 0.25) is 0 Å². The van der Waals surface area contributed by atoms with Crippen molar-refractivity contribution in [1.82, 2.24) is 0 Å². The lowest BCUT2D eigenvalue weighted by atomic mass is 9.87. The molecule has 1 aromatic rings. The molecule has 0 aliphatic heterocycles. The van der Waals surface area contributed by atoms with E-state index in [4.69, 9.17) is 9.84 Å². The van der Waals surface area contributed by atoms with Gasteiger partial charge >= 0.3 is 5.97 Å². The van der Waals surface area contributed by atoms with E-state index in [1.54, 1.807) is 0 Å². The predicted octanol–water partition coefficient (Wildman–Crippen LogP) is 2.89. The summed E-state index contributed by atoms with van der Waals surface area (Å²) in [7, 11) is 0. The summed E-state index contributed by atoms with van der Waals surface area (Å²) in [6.07, 6.45) is 2.12. The number of carbonyl (C=O) groups is 1. The van der Waals surface area contributed by atoms with Crippen LogP contribution >= 0.6 is 0 Å². The number of nitrogens with zero attached hydrogens (tertiary/aromatic N) is 1. The Morgan fingerprint density at radius 3 is 2.62 bits per heavy atom. The average molecular weight is 297 g/mol. The molecule has 0 heterocycles. The molecule has 1 N–H and O–H groups in total. The first-order valence-electron chi connectivity index (χ1n) is 6.74. The summed E-state index contributed by atoms with van der Waals surface area (Å²) in [6, 6.07) is 3.26. The molecule has 0 bridgehead atoms. The summed E-state index contributed by atoms with van der Waals surface area (Å²) in [4.78, 5) is 21.1. The Kier molecular flexibility index (Phi) is 4.85. The van der Waals surface area contributed by atoms with E-state index in [0.717, 1.165) is 18.2 Å². The number of rotatable bonds is 5. The summed E-state index contributed by atoms with van der Waals surface area (Å²) in [6.45, 7) is -0.0452. The molecule has 114 valence electrons. The number of aliphatic carboxylic acids is 1. The van der Waals surface area contributed by atoms with Gasteiger partial charge in [-0.3, -0.25) is 14.9 Å². The SMILES string of the molecule is O=C(O)C1CCC(OCc2cc(F)ccc2[N+](=O)[O-])CC1. The van der Waals surface area contributed by atoms with Crippen LogP contribution in [0.25, 0.3) is 0 Å². The Hall–Kier alpha value is -2.02. The van der Waals surface area contributed by atoms with E-state index in [1.807, 2.05) is 0 Å². The van der Waals surface area contributed by atoms with Crippen molar-refractivity contribution < 1.29 is 24.0 Å². The van der Waals surface area contributed by atoms with E-state index in [-0.39, 0.29) is 29.9 Å². The summed E-state index contributed by atoms with van der Waals surface area (Å²) in [5, 5.41) is 19.8. The fourth-order valence-electron chi connectivity index (χ4n) is 2.53. The molecule has 0 atom stereocenters. The lowest BCUT2D eigenvalue weighted by Gasteiger charge is -2.26. The molecule has 1 saturated carbocycles. The van der Waals surface area contributed by atoms with E-state index in [9.17, 15) is 19.3 Å². The van der Waals surface area contributed by atoms with Gasteiger partial charge in [-0.25, -0.2) is 4.39 Å². The summed E-state index contributed by atoms with van der Waals surface area (Å²) in [5.74, 6) is -1.68. The zero-order valence-corrected chi connectivity index (χ0v) is 11.3. The third-order valence-electron chi connectivity index (χ3n) is 3.74. The molecule has 1 fully saturated rings. The topological polar surface area (TPSA) is 89.7 Å². The van der Waals surface area contributed by atoms with Gasteiger partial charge in [0.1, 0.15) is 5.82 Å². The molecular weight excluding hydrogens is 281 g/mol. The van der Waals surface area contributed by atoms with Crippen molar-refractivity contribution in [2.24, 2.45) is 5.92 Å². The normalized spacial score (nSPS) is 22.0. The molecule has 0 aromatic heterocycles. The van der Waals surface area contributed by atoms with Crippen LogP contribution in [0.3, 0.4) is 0 Å². The maximum Gasteiger partial charge on any atom is 0.306 e. The smallest absolute Gasteiger partial charge is 0.306 e. The van der Waals surface area contributed by atoms with Crippen LogP contribution in [0.15, 0.2) is 18.2 Å². The standard InChI is InChI=1S/C14H16FNO5/c15-11-3-6-13(16(19)20)10(7-11)8-21-12-4-1-9(2-5-12)14(17)18/h3,6-7,9,12H,1-2,4-5,8H2,(H,17,18). The highest BCUT2D eigenvalue weighted by molar-refractivity contribution is 5.70. The molecule has 1 aliphatic rings. The number of carboxylic acid groups (broad SMARTS) is 1. The Balaban J connectivity index is 1.93. The van der Waals surface area contributed by atoms with E-state index >= 15 is 0 Å². The van der Waals surface area contributed by atoms with Crippen LogP contribution in [0.4, 0.5) is 10.1 Å². The number of nitro groups is 1. The summed E-state index contributed by atoms with van der Waals surface area (Å²) in [5.41, 5.74) is 0.0241. The van der Waals surface area contributed by atoms with Gasteiger partial charge in [0, 0.05) is 6.07 Å². The second-order valence-electron chi connectivity index (χ2n) is 5.15. The Morgan fingerprint density at radius 1 is 1.38 bits per heavy atom. The zero-order valence-electron chi connectivity index (χ0n) is 11.3. The number of halogens is 1. The van der Waals surface area contributed by atoms with Crippen molar-refractivity contribution >= 4 is 11.7 Å². The fourth-order valence-corrected chi connectivity index (χ4v) is 2.53. The number of carboxylic acids is 1. The average Bonchev–Trinajstić information content (AvgIpc) is 2.45. The molecule has 1 aromatic carbocycles. The van der Waals surface area contributed by atoms with Crippen LogP contribution in [0.5, 0.6) is 0 Å². The molecular formula is C14H16FNO5. The van der Waals surface area contributed by atoms with Crippen LogP contribution in [0.2, 0.25) is 0 Å². The number of hydrogen-bond acceptors (Lipinski definition) is 4. The summed E-state index contributed by atoms with van der Waals surface area (Å²) >= 11 is 0. The van der Waals surface area contributed by atoms with Gasteiger partial charge in [-0.05, 0) is 37.8 Å². The molecule has 1 aliphatic carbocycles. The van der Waals surface area contributed by atoms with Crippen LogP contribution < -0.4 is 0 Å². The Bertz CT molecular complexity index is 540. The van der Waals surface area contributed by atoms with Crippen molar-refractivity contribution in [3.63, 3.8) is 0 Å². The highest BCUT2D eigenvalue weighted by Gasteiger charge is 2.26. The number of hydrogen-bond donors (Lipinski definition) is 1. The first-order valence-corrected chi connectivity index (χ1v) is 6.74. The number of benzene rings is 1. The minimum Gasteiger partial charge on any atom is -0.481 e. The minimum atomic E-state index is -0.797. The molecule has 2 rings (SSSR count). The van der Waals surface area contributed by atoms with Gasteiger partial charge in [0.05, 0.1) is 29.1 Å². The van der Waals surface area contributed by atoms with Gasteiger partial charge < -0.3 is 9.84 Å². The first-order chi connectivity index (χ1) is 9.97. The molecule has 7 heteroatoms. The van der Waals surface area contributed by atoms with Crippen molar-refractivity contribution in [2.45, 2.75) is 38.4 Å². The molecule has 0 spiro atoms.